The summed E-state index contributed by atoms with van der Waals surface area (Å²) in [6, 6.07) is 2.22. The molecule has 2 amide bonds. The topological polar surface area (TPSA) is 122 Å². The Hall–Kier alpha value is -2.44. The second kappa shape index (κ2) is 7.10. The number of carbonyl (C=O) groups excluding carboxylic acids is 2. The van der Waals surface area contributed by atoms with Crippen molar-refractivity contribution in [3.63, 3.8) is 0 Å². The molecule has 0 saturated carbocycles. The minimum atomic E-state index is -1.19. The summed E-state index contributed by atoms with van der Waals surface area (Å²) in [6.07, 6.45) is 3.04. The van der Waals surface area contributed by atoms with Crippen molar-refractivity contribution in [2.24, 2.45) is 5.73 Å². The number of carboxylic acids is 1. The highest BCUT2D eigenvalue weighted by molar-refractivity contribution is 5.85. The van der Waals surface area contributed by atoms with Gasteiger partial charge in [-0.2, -0.15) is 0 Å². The van der Waals surface area contributed by atoms with Crippen LogP contribution in [0.5, 0.6) is 0 Å². The summed E-state index contributed by atoms with van der Waals surface area (Å²) in [7, 11) is 0. The number of carbonyl (C=O) groups is 3. The molecule has 102 valence electrons. The summed E-state index contributed by atoms with van der Waals surface area (Å²) in [5.74, 6) is -2.22. The van der Waals surface area contributed by atoms with Crippen LogP contribution >= 0.6 is 0 Å². The molecule has 0 aromatic carbocycles. The van der Waals surface area contributed by atoms with Crippen molar-refractivity contribution in [2.75, 3.05) is 0 Å². The summed E-state index contributed by atoms with van der Waals surface area (Å²) in [6.45, 7) is 0. The van der Waals surface area contributed by atoms with E-state index in [1.807, 2.05) is 0 Å². The van der Waals surface area contributed by atoms with Gasteiger partial charge in [-0.15, -0.1) is 0 Å². The number of hydrogen-bond donors (Lipinski definition) is 3. The van der Waals surface area contributed by atoms with Crippen molar-refractivity contribution in [3.05, 3.63) is 30.1 Å². The molecule has 0 saturated heterocycles. The molecule has 1 unspecified atom stereocenters. The number of aromatic nitrogens is 1. The fraction of sp³-hybridized carbons (Fsp3) is 0.333. The van der Waals surface area contributed by atoms with Crippen LogP contribution in [0.3, 0.4) is 0 Å². The number of aliphatic carboxylic acids is 1. The molecule has 1 rings (SSSR count). The standard InChI is InChI=1S/C12H15N3O4/c13-10(16)2-1-9(12(18)19)15-11(17)7-8-3-5-14-6-4-8/h3-6,9H,1-2,7H2,(H2,13,16)(H,15,17)(H,18,19). The Labute approximate surface area is 109 Å². The van der Waals surface area contributed by atoms with Crippen LogP contribution in [0, 0.1) is 0 Å². The van der Waals surface area contributed by atoms with Gasteiger partial charge in [0.05, 0.1) is 6.42 Å². The van der Waals surface area contributed by atoms with E-state index in [9.17, 15) is 14.4 Å². The highest BCUT2D eigenvalue weighted by atomic mass is 16.4. The van der Waals surface area contributed by atoms with Crippen LogP contribution in [-0.2, 0) is 20.8 Å². The number of nitrogens with two attached hydrogens (primary N) is 1. The number of pyridine rings is 1. The summed E-state index contributed by atoms with van der Waals surface area (Å²) >= 11 is 0. The summed E-state index contributed by atoms with van der Waals surface area (Å²) < 4.78 is 0. The van der Waals surface area contributed by atoms with Gasteiger partial charge in [-0.1, -0.05) is 0 Å². The van der Waals surface area contributed by atoms with Crippen molar-refractivity contribution in [3.8, 4) is 0 Å². The number of carboxylic acid groups (broad SMARTS) is 1. The zero-order valence-electron chi connectivity index (χ0n) is 10.2. The van der Waals surface area contributed by atoms with Crippen LogP contribution in [0.4, 0.5) is 0 Å². The zero-order chi connectivity index (χ0) is 14.3. The molecule has 7 nitrogen and oxygen atoms in total. The molecule has 0 fully saturated rings. The van der Waals surface area contributed by atoms with Gasteiger partial charge in [-0.25, -0.2) is 4.79 Å². The van der Waals surface area contributed by atoms with Gasteiger partial charge in [-0.3, -0.25) is 14.6 Å². The largest absolute Gasteiger partial charge is 0.480 e. The van der Waals surface area contributed by atoms with Crippen molar-refractivity contribution >= 4 is 17.8 Å². The van der Waals surface area contributed by atoms with Crippen LogP contribution in [0.25, 0.3) is 0 Å². The van der Waals surface area contributed by atoms with E-state index in [-0.39, 0.29) is 19.3 Å². The van der Waals surface area contributed by atoms with Gasteiger partial charge in [0.2, 0.25) is 11.8 Å². The third kappa shape index (κ3) is 5.62. The zero-order valence-corrected chi connectivity index (χ0v) is 10.2. The molecule has 1 aromatic heterocycles. The Morgan fingerprint density at radius 2 is 1.95 bits per heavy atom. The van der Waals surface area contributed by atoms with Crippen LogP contribution in [0.1, 0.15) is 18.4 Å². The van der Waals surface area contributed by atoms with E-state index in [4.69, 9.17) is 10.8 Å². The number of amides is 2. The van der Waals surface area contributed by atoms with Crippen molar-refractivity contribution in [1.29, 1.82) is 0 Å². The quantitative estimate of drug-likeness (QED) is 0.611. The van der Waals surface area contributed by atoms with Crippen molar-refractivity contribution in [1.82, 2.24) is 10.3 Å². The molecule has 0 aliphatic rings. The lowest BCUT2D eigenvalue weighted by atomic mass is 10.1. The summed E-state index contributed by atoms with van der Waals surface area (Å²) in [5.41, 5.74) is 5.67. The van der Waals surface area contributed by atoms with Gasteiger partial charge in [0.1, 0.15) is 6.04 Å². The maximum Gasteiger partial charge on any atom is 0.326 e. The SMILES string of the molecule is NC(=O)CCC(NC(=O)Cc1ccncc1)C(=O)O. The lowest BCUT2D eigenvalue weighted by Crippen LogP contribution is -2.42. The van der Waals surface area contributed by atoms with Gasteiger partial charge in [0.15, 0.2) is 0 Å². The van der Waals surface area contributed by atoms with Gasteiger partial charge in [0, 0.05) is 18.8 Å². The first-order valence-corrected chi connectivity index (χ1v) is 5.68. The smallest absolute Gasteiger partial charge is 0.326 e. The Morgan fingerprint density at radius 1 is 1.32 bits per heavy atom. The Bertz CT molecular complexity index is 461. The fourth-order valence-corrected chi connectivity index (χ4v) is 1.48. The van der Waals surface area contributed by atoms with Crippen LogP contribution in [0.15, 0.2) is 24.5 Å². The van der Waals surface area contributed by atoms with E-state index in [1.54, 1.807) is 24.5 Å². The molecule has 1 aromatic rings. The van der Waals surface area contributed by atoms with Gasteiger partial charge in [0.25, 0.3) is 0 Å². The normalized spacial score (nSPS) is 11.6. The second-order valence-corrected chi connectivity index (χ2v) is 4.00. The number of nitrogens with zero attached hydrogens (tertiary/aromatic N) is 1. The average Bonchev–Trinajstić information content (AvgIpc) is 2.35. The lowest BCUT2D eigenvalue weighted by molar-refractivity contribution is -0.142. The molecule has 1 atom stereocenters. The molecule has 19 heavy (non-hydrogen) atoms. The summed E-state index contributed by atoms with van der Waals surface area (Å²) in [5, 5.41) is 11.3. The molecular weight excluding hydrogens is 250 g/mol. The van der Waals surface area contributed by atoms with Crippen LogP contribution in [-0.4, -0.2) is 33.9 Å². The number of nitrogens with one attached hydrogen (secondary N) is 1. The van der Waals surface area contributed by atoms with Crippen molar-refractivity contribution < 1.29 is 19.5 Å². The minimum Gasteiger partial charge on any atom is -0.480 e. The van der Waals surface area contributed by atoms with E-state index < -0.39 is 23.8 Å². The monoisotopic (exact) mass is 265 g/mol. The minimum absolute atomic E-state index is 0.0211. The molecule has 0 aliphatic carbocycles. The Balaban J connectivity index is 2.52. The summed E-state index contributed by atoms with van der Waals surface area (Å²) in [4.78, 5) is 37.0. The van der Waals surface area contributed by atoms with Gasteiger partial charge in [-0.05, 0) is 24.1 Å². The molecular formula is C12H15N3O4. The maximum atomic E-state index is 11.7. The molecule has 0 aliphatic heterocycles. The predicted octanol–water partition coefficient (Wildman–Crippen LogP) is -0.541. The average molecular weight is 265 g/mol. The Kier molecular flexibility index (Phi) is 5.46. The third-order valence-electron chi connectivity index (χ3n) is 2.43. The van der Waals surface area contributed by atoms with Gasteiger partial charge >= 0.3 is 5.97 Å². The predicted molar refractivity (Wildman–Crippen MR) is 65.9 cm³/mol. The highest BCUT2D eigenvalue weighted by Crippen LogP contribution is 2.01. The molecule has 4 N–H and O–H groups in total. The number of rotatable bonds is 7. The molecule has 0 radical (unpaired) electrons. The lowest BCUT2D eigenvalue weighted by Gasteiger charge is -2.13. The molecule has 0 bridgehead atoms. The van der Waals surface area contributed by atoms with E-state index >= 15 is 0 Å². The second-order valence-electron chi connectivity index (χ2n) is 4.00. The van der Waals surface area contributed by atoms with E-state index in [1.165, 1.54) is 0 Å². The first-order valence-electron chi connectivity index (χ1n) is 5.68. The maximum absolute atomic E-state index is 11.7. The number of primary amides is 1. The Morgan fingerprint density at radius 3 is 2.47 bits per heavy atom. The van der Waals surface area contributed by atoms with Gasteiger partial charge < -0.3 is 16.2 Å². The van der Waals surface area contributed by atoms with E-state index in [0.29, 0.717) is 0 Å². The molecule has 7 heteroatoms. The molecule has 1 heterocycles. The first kappa shape index (κ1) is 14.6. The number of hydrogen-bond acceptors (Lipinski definition) is 4. The fourth-order valence-electron chi connectivity index (χ4n) is 1.48. The first-order chi connectivity index (χ1) is 8.99. The molecule has 0 spiro atoms. The third-order valence-corrected chi connectivity index (χ3v) is 2.43. The van der Waals surface area contributed by atoms with E-state index in [2.05, 4.69) is 10.3 Å². The van der Waals surface area contributed by atoms with Crippen molar-refractivity contribution in [2.45, 2.75) is 25.3 Å². The van der Waals surface area contributed by atoms with E-state index in [0.717, 1.165) is 5.56 Å². The van der Waals surface area contributed by atoms with Crippen LogP contribution in [0.2, 0.25) is 0 Å². The van der Waals surface area contributed by atoms with Crippen LogP contribution < -0.4 is 11.1 Å². The highest BCUT2D eigenvalue weighted by Gasteiger charge is 2.20.